The predicted octanol–water partition coefficient (Wildman–Crippen LogP) is 2.89. The maximum absolute atomic E-state index is 12.0. The van der Waals surface area contributed by atoms with Crippen molar-refractivity contribution >= 4 is 48.4 Å². The van der Waals surface area contributed by atoms with Crippen molar-refractivity contribution in [2.24, 2.45) is 0 Å². The summed E-state index contributed by atoms with van der Waals surface area (Å²) in [7, 11) is 1.29. The molecule has 96 valence electrons. The standard InChI is InChI=1S/C10H13Br2NO3S/c1-10(2,9(15)16-3)13-8(14)7-5-4-6-17(7,11)12/h4-6H,1-3H3,(H,13,14). The van der Waals surface area contributed by atoms with Crippen LogP contribution in [0.5, 0.6) is 0 Å². The van der Waals surface area contributed by atoms with Crippen LogP contribution in [0.25, 0.3) is 0 Å². The third-order valence-electron chi connectivity index (χ3n) is 2.14. The highest BCUT2D eigenvalue weighted by Gasteiger charge is 2.35. The van der Waals surface area contributed by atoms with E-state index in [1.807, 2.05) is 5.41 Å². The average molecular weight is 387 g/mol. The first-order valence-corrected chi connectivity index (χ1v) is 10.1. The van der Waals surface area contributed by atoms with Gasteiger partial charge in [0.05, 0.1) is 12.0 Å². The third-order valence-corrected chi connectivity index (χ3v) is 6.93. The van der Waals surface area contributed by atoms with Gasteiger partial charge in [0.25, 0.3) is 5.91 Å². The van der Waals surface area contributed by atoms with Crippen molar-refractivity contribution in [2.45, 2.75) is 19.4 Å². The molecule has 0 bridgehead atoms. The number of carbonyl (C=O) groups is 2. The van der Waals surface area contributed by atoms with Crippen LogP contribution in [0.4, 0.5) is 0 Å². The molecule has 0 saturated carbocycles. The van der Waals surface area contributed by atoms with E-state index in [1.54, 1.807) is 26.0 Å². The number of rotatable bonds is 3. The van der Waals surface area contributed by atoms with Crippen molar-refractivity contribution in [3.8, 4) is 0 Å². The van der Waals surface area contributed by atoms with Crippen LogP contribution in [0.3, 0.4) is 0 Å². The molecule has 1 amide bonds. The number of esters is 1. The first kappa shape index (κ1) is 14.8. The summed E-state index contributed by atoms with van der Waals surface area (Å²) in [6.07, 6.45) is 3.50. The number of halogens is 2. The minimum absolute atomic E-state index is 0.297. The van der Waals surface area contributed by atoms with Gasteiger partial charge in [-0.15, -0.1) is 0 Å². The maximum atomic E-state index is 12.0. The number of methoxy groups -OCH3 is 1. The third kappa shape index (κ3) is 3.35. The number of nitrogens with one attached hydrogen (secondary N) is 1. The Hall–Kier alpha value is -0.270. The monoisotopic (exact) mass is 385 g/mol. The lowest BCUT2D eigenvalue weighted by Gasteiger charge is -2.27. The van der Waals surface area contributed by atoms with E-state index in [2.05, 4.69) is 39.7 Å². The normalized spacial score (nSPS) is 19.5. The first-order chi connectivity index (χ1) is 7.70. The van der Waals surface area contributed by atoms with Gasteiger partial charge in [-0.3, -0.25) is 4.79 Å². The van der Waals surface area contributed by atoms with E-state index in [4.69, 9.17) is 0 Å². The van der Waals surface area contributed by atoms with Gasteiger partial charge in [-0.05, 0) is 55.0 Å². The molecule has 0 aromatic carbocycles. The summed E-state index contributed by atoms with van der Waals surface area (Å²) in [5.74, 6) is -0.781. The van der Waals surface area contributed by atoms with Crippen molar-refractivity contribution in [3.05, 3.63) is 22.5 Å². The number of hydrogen-bond donors (Lipinski definition) is 1. The molecule has 1 N–H and O–H groups in total. The summed E-state index contributed by atoms with van der Waals surface area (Å²) in [5, 5.41) is 4.51. The average Bonchev–Trinajstić information content (AvgIpc) is 2.56. The smallest absolute Gasteiger partial charge is 0.330 e. The van der Waals surface area contributed by atoms with E-state index in [0.29, 0.717) is 4.91 Å². The molecule has 1 rings (SSSR count). The van der Waals surface area contributed by atoms with Gasteiger partial charge < -0.3 is 10.1 Å². The molecule has 0 radical (unpaired) electrons. The van der Waals surface area contributed by atoms with Gasteiger partial charge in [0, 0.05) is 0 Å². The molecule has 0 saturated heterocycles. The predicted molar refractivity (Wildman–Crippen MR) is 76.9 cm³/mol. The largest absolute Gasteiger partial charge is 0.467 e. The van der Waals surface area contributed by atoms with Crippen molar-refractivity contribution in [1.82, 2.24) is 5.32 Å². The molecule has 1 heterocycles. The van der Waals surface area contributed by atoms with Gasteiger partial charge >= 0.3 is 5.97 Å². The number of amides is 1. The Morgan fingerprint density at radius 2 is 2.00 bits per heavy atom. The van der Waals surface area contributed by atoms with E-state index in [-0.39, 0.29) is 5.91 Å². The second-order valence-corrected chi connectivity index (χ2v) is 14.4. The van der Waals surface area contributed by atoms with Crippen LogP contribution in [0, 0.1) is 0 Å². The summed E-state index contributed by atoms with van der Waals surface area (Å²) >= 11 is 6.88. The lowest BCUT2D eigenvalue weighted by Crippen LogP contribution is -2.50. The van der Waals surface area contributed by atoms with Gasteiger partial charge in [0.1, 0.15) is 5.54 Å². The van der Waals surface area contributed by atoms with Gasteiger partial charge in [-0.25, -0.2) is 4.79 Å². The van der Waals surface area contributed by atoms with Crippen LogP contribution in [0.15, 0.2) is 22.5 Å². The molecule has 0 atom stereocenters. The Bertz CT molecular complexity index is 416. The maximum Gasteiger partial charge on any atom is 0.330 e. The highest BCUT2D eigenvalue weighted by Crippen LogP contribution is 2.72. The van der Waals surface area contributed by atoms with Crippen LogP contribution < -0.4 is 5.32 Å². The Kier molecular flexibility index (Phi) is 4.49. The zero-order chi connectivity index (χ0) is 13.3. The molecule has 17 heavy (non-hydrogen) atoms. The Morgan fingerprint density at radius 3 is 2.41 bits per heavy atom. The van der Waals surface area contributed by atoms with E-state index < -0.39 is 18.4 Å². The quantitative estimate of drug-likeness (QED) is 0.758. The molecular formula is C10H13Br2NO3S. The molecule has 7 heteroatoms. The summed E-state index contributed by atoms with van der Waals surface area (Å²) in [6, 6.07) is 0. The summed E-state index contributed by atoms with van der Waals surface area (Å²) in [4.78, 5) is 24.1. The van der Waals surface area contributed by atoms with E-state index in [0.717, 1.165) is 0 Å². The molecule has 1 aliphatic heterocycles. The Labute approximate surface area is 117 Å². The fraction of sp³-hybridized carbons (Fsp3) is 0.400. The van der Waals surface area contributed by atoms with Crippen LogP contribution in [0.2, 0.25) is 0 Å². The summed E-state index contributed by atoms with van der Waals surface area (Å²) in [6.45, 7) is 1.64. The van der Waals surface area contributed by atoms with Crippen LogP contribution in [-0.2, 0) is 14.3 Å². The molecule has 0 aromatic heterocycles. The van der Waals surface area contributed by atoms with Crippen LogP contribution in [-0.4, -0.2) is 24.5 Å². The Morgan fingerprint density at radius 1 is 1.41 bits per heavy atom. The Balaban J connectivity index is 2.78. The number of allylic oxidation sites excluding steroid dienone is 2. The zero-order valence-electron chi connectivity index (χ0n) is 9.62. The number of carbonyl (C=O) groups excluding carboxylic acids is 2. The van der Waals surface area contributed by atoms with E-state index in [9.17, 15) is 9.59 Å². The molecule has 0 fully saturated rings. The van der Waals surface area contributed by atoms with E-state index in [1.165, 1.54) is 7.11 Å². The highest BCUT2D eigenvalue weighted by molar-refractivity contribution is 9.92. The second kappa shape index (κ2) is 5.16. The molecule has 0 aliphatic carbocycles. The van der Waals surface area contributed by atoms with Crippen molar-refractivity contribution in [1.29, 1.82) is 0 Å². The van der Waals surface area contributed by atoms with Crippen LogP contribution >= 0.6 is 36.5 Å². The molecule has 0 unspecified atom stereocenters. The summed E-state index contributed by atoms with van der Waals surface area (Å²) in [5.41, 5.74) is -1.05. The van der Waals surface area contributed by atoms with Crippen LogP contribution in [0.1, 0.15) is 13.8 Å². The molecule has 4 nitrogen and oxygen atoms in total. The minimum atomic E-state index is -1.55. The van der Waals surface area contributed by atoms with Gasteiger partial charge in [0.15, 0.2) is 0 Å². The minimum Gasteiger partial charge on any atom is -0.467 e. The van der Waals surface area contributed by atoms with Crippen molar-refractivity contribution in [3.63, 3.8) is 0 Å². The molecule has 0 spiro atoms. The molecular weight excluding hydrogens is 374 g/mol. The summed E-state index contributed by atoms with van der Waals surface area (Å²) < 4.78 is 4.63. The lowest BCUT2D eigenvalue weighted by molar-refractivity contribution is -0.148. The zero-order valence-corrected chi connectivity index (χ0v) is 13.6. The van der Waals surface area contributed by atoms with Gasteiger partial charge in [-0.1, -0.05) is 13.0 Å². The van der Waals surface area contributed by atoms with E-state index >= 15 is 0 Å². The lowest BCUT2D eigenvalue weighted by atomic mass is 10.1. The van der Waals surface area contributed by atoms with Crippen molar-refractivity contribution < 1.29 is 14.3 Å². The topological polar surface area (TPSA) is 55.4 Å². The first-order valence-electron chi connectivity index (χ1n) is 4.72. The SMILES string of the molecule is COC(=O)C(C)(C)NC(=O)C1=CC=CS1(Br)Br. The number of ether oxygens (including phenoxy) is 1. The van der Waals surface area contributed by atoms with Gasteiger partial charge in [0.2, 0.25) is 0 Å². The fourth-order valence-electron chi connectivity index (χ4n) is 1.24. The highest BCUT2D eigenvalue weighted by atomic mass is 79.9. The van der Waals surface area contributed by atoms with Crippen molar-refractivity contribution in [2.75, 3.05) is 7.11 Å². The fourth-order valence-corrected chi connectivity index (χ4v) is 4.50. The second-order valence-electron chi connectivity index (χ2n) is 3.94. The molecule has 1 aliphatic rings. The van der Waals surface area contributed by atoms with Gasteiger partial charge in [-0.2, -0.15) is 0 Å². The molecule has 0 aromatic rings. The number of hydrogen-bond acceptors (Lipinski definition) is 3.